The largest absolute Gasteiger partial charge is 0.506 e. The number of benzene rings is 4. The van der Waals surface area contributed by atoms with Crippen LogP contribution in [0, 0.1) is 0 Å². The Morgan fingerprint density at radius 1 is 0.610 bits per heavy atom. The molecular formula is C31H26ClN7OS. The molecule has 1 aromatic heterocycles. The van der Waals surface area contributed by atoms with Crippen molar-refractivity contribution < 1.29 is 5.11 Å². The standard InChI is InChI=1S/C31H26ClN7OS/c32-26-13-12-23(20-29(26)40)35-33-21-8-10-22(11-9-21)34-36-27-14-15-28(25-7-3-2-6-24(25)27)37-38-30-16-17-31(41-30)39-18-4-1-5-19-39/h2-3,6-17,20,40H,1,4-5,18-19H2. The van der Waals surface area contributed by atoms with Crippen LogP contribution in [-0.4, -0.2) is 18.2 Å². The Morgan fingerprint density at radius 3 is 1.85 bits per heavy atom. The zero-order valence-corrected chi connectivity index (χ0v) is 23.6. The molecular weight excluding hydrogens is 554 g/mol. The predicted molar refractivity (Wildman–Crippen MR) is 166 cm³/mol. The number of thiophene rings is 1. The second-order valence-corrected chi connectivity index (χ2v) is 11.0. The molecule has 2 heterocycles. The number of halogens is 1. The van der Waals surface area contributed by atoms with Gasteiger partial charge in [0.05, 0.1) is 38.5 Å². The lowest BCUT2D eigenvalue weighted by atomic mass is 10.1. The normalized spacial score (nSPS) is 14.2. The Hall–Kier alpha value is -4.47. The highest BCUT2D eigenvalue weighted by Gasteiger charge is 2.13. The SMILES string of the molecule is Oc1cc(N=Nc2ccc(N=Nc3ccc(N=Nc4ccc(N5CCCCC5)s4)c4ccccc34)cc2)ccc1Cl. The molecule has 0 spiro atoms. The number of rotatable bonds is 7. The minimum atomic E-state index is -0.0353. The summed E-state index contributed by atoms with van der Waals surface area (Å²) in [5.74, 6) is -0.0353. The first-order valence-corrected chi connectivity index (χ1v) is 14.5. The Kier molecular flexibility index (Phi) is 8.06. The zero-order valence-electron chi connectivity index (χ0n) is 22.1. The molecule has 5 aromatic rings. The summed E-state index contributed by atoms with van der Waals surface area (Å²) in [5, 5.41) is 40.5. The summed E-state index contributed by atoms with van der Waals surface area (Å²) in [4.78, 5) is 2.44. The lowest BCUT2D eigenvalue weighted by Gasteiger charge is -2.26. The van der Waals surface area contributed by atoms with E-state index in [0.717, 1.165) is 40.2 Å². The summed E-state index contributed by atoms with van der Waals surface area (Å²) in [7, 11) is 0. The van der Waals surface area contributed by atoms with Gasteiger partial charge in [0.2, 0.25) is 0 Å². The maximum Gasteiger partial charge on any atom is 0.140 e. The smallest absolute Gasteiger partial charge is 0.140 e. The van der Waals surface area contributed by atoms with Crippen LogP contribution in [0.3, 0.4) is 0 Å². The molecule has 204 valence electrons. The zero-order chi connectivity index (χ0) is 28.0. The molecule has 0 radical (unpaired) electrons. The van der Waals surface area contributed by atoms with Crippen LogP contribution in [-0.2, 0) is 0 Å². The number of phenolic OH excluding ortho intramolecular Hbond substituents is 1. The van der Waals surface area contributed by atoms with Gasteiger partial charge < -0.3 is 10.0 Å². The van der Waals surface area contributed by atoms with E-state index in [1.807, 2.05) is 54.6 Å². The van der Waals surface area contributed by atoms with E-state index in [2.05, 4.69) is 41.7 Å². The maximum atomic E-state index is 9.72. The predicted octanol–water partition coefficient (Wildman–Crippen LogP) is 11.5. The molecule has 0 unspecified atom stereocenters. The number of hydrogen-bond donors (Lipinski definition) is 1. The summed E-state index contributed by atoms with van der Waals surface area (Å²) in [5.41, 5.74) is 3.36. The molecule has 0 atom stereocenters. The molecule has 1 aliphatic heterocycles. The van der Waals surface area contributed by atoms with Gasteiger partial charge in [-0.25, -0.2) is 0 Å². The highest BCUT2D eigenvalue weighted by Crippen LogP contribution is 2.38. The van der Waals surface area contributed by atoms with Gasteiger partial charge in [-0.2, -0.15) is 15.3 Å². The van der Waals surface area contributed by atoms with Crippen molar-refractivity contribution in [2.45, 2.75) is 19.3 Å². The average Bonchev–Trinajstić information content (AvgIpc) is 3.50. The van der Waals surface area contributed by atoms with Gasteiger partial charge in [0.25, 0.3) is 0 Å². The van der Waals surface area contributed by atoms with Crippen molar-refractivity contribution in [1.29, 1.82) is 0 Å². The summed E-state index contributed by atoms with van der Waals surface area (Å²) < 4.78 is 0. The number of piperidine rings is 1. The lowest BCUT2D eigenvalue weighted by molar-refractivity contribution is 0.476. The van der Waals surface area contributed by atoms with Crippen LogP contribution in [0.4, 0.5) is 38.4 Å². The van der Waals surface area contributed by atoms with Crippen molar-refractivity contribution >= 4 is 72.1 Å². The van der Waals surface area contributed by atoms with Crippen molar-refractivity contribution in [2.75, 3.05) is 18.0 Å². The third-order valence-electron chi connectivity index (χ3n) is 6.71. The average molecular weight is 580 g/mol. The molecule has 1 aliphatic rings. The van der Waals surface area contributed by atoms with E-state index in [-0.39, 0.29) is 10.8 Å². The molecule has 10 heteroatoms. The van der Waals surface area contributed by atoms with Crippen LogP contribution in [0.2, 0.25) is 5.02 Å². The molecule has 0 saturated carbocycles. The van der Waals surface area contributed by atoms with E-state index >= 15 is 0 Å². The van der Waals surface area contributed by atoms with Gasteiger partial charge in [0, 0.05) is 29.9 Å². The first kappa shape index (κ1) is 26.7. The number of azo groups is 3. The quantitative estimate of drug-likeness (QED) is 0.194. The minimum absolute atomic E-state index is 0.0353. The molecule has 0 bridgehead atoms. The molecule has 1 saturated heterocycles. The van der Waals surface area contributed by atoms with E-state index in [4.69, 9.17) is 11.6 Å². The summed E-state index contributed by atoms with van der Waals surface area (Å²) in [6.07, 6.45) is 3.81. The maximum absolute atomic E-state index is 9.72. The first-order valence-electron chi connectivity index (χ1n) is 13.3. The Labute approximate surface area is 246 Å². The van der Waals surface area contributed by atoms with Crippen LogP contribution in [0.15, 0.2) is 122 Å². The molecule has 0 aliphatic carbocycles. The van der Waals surface area contributed by atoms with E-state index in [1.165, 1.54) is 30.3 Å². The lowest BCUT2D eigenvalue weighted by Crippen LogP contribution is -2.28. The first-order chi connectivity index (χ1) is 20.1. The second kappa shape index (κ2) is 12.4. The van der Waals surface area contributed by atoms with E-state index in [0.29, 0.717) is 17.1 Å². The van der Waals surface area contributed by atoms with Gasteiger partial charge in [-0.05, 0) is 79.9 Å². The molecule has 1 fully saturated rings. The van der Waals surface area contributed by atoms with E-state index in [1.54, 1.807) is 35.6 Å². The molecule has 41 heavy (non-hydrogen) atoms. The number of fused-ring (bicyclic) bond motifs is 1. The summed E-state index contributed by atoms with van der Waals surface area (Å²) in [6.45, 7) is 2.23. The van der Waals surface area contributed by atoms with Crippen molar-refractivity contribution in [2.24, 2.45) is 30.7 Å². The molecule has 0 amide bonds. The monoisotopic (exact) mass is 579 g/mol. The van der Waals surface area contributed by atoms with Crippen molar-refractivity contribution in [3.8, 4) is 5.75 Å². The summed E-state index contributed by atoms with van der Waals surface area (Å²) in [6, 6.07) is 28.0. The molecule has 4 aromatic carbocycles. The molecule has 8 nitrogen and oxygen atoms in total. The van der Waals surface area contributed by atoms with Gasteiger partial charge in [-0.15, -0.1) is 15.3 Å². The highest BCUT2D eigenvalue weighted by atomic mass is 35.5. The Morgan fingerprint density at radius 2 is 1.20 bits per heavy atom. The van der Waals surface area contributed by atoms with Crippen LogP contribution in [0.25, 0.3) is 10.8 Å². The fourth-order valence-corrected chi connectivity index (χ4v) is 5.57. The third-order valence-corrected chi connectivity index (χ3v) is 8.06. The fraction of sp³-hybridized carbons (Fsp3) is 0.161. The number of anilines is 1. The van der Waals surface area contributed by atoms with Crippen LogP contribution >= 0.6 is 22.9 Å². The van der Waals surface area contributed by atoms with Crippen molar-refractivity contribution in [1.82, 2.24) is 0 Å². The van der Waals surface area contributed by atoms with E-state index < -0.39 is 0 Å². The van der Waals surface area contributed by atoms with Gasteiger partial charge >= 0.3 is 0 Å². The molecule has 6 rings (SSSR count). The van der Waals surface area contributed by atoms with Crippen molar-refractivity contribution in [3.05, 3.63) is 96.0 Å². The number of hydrogen-bond acceptors (Lipinski definition) is 9. The van der Waals surface area contributed by atoms with Gasteiger partial charge in [-0.1, -0.05) is 47.2 Å². The van der Waals surface area contributed by atoms with Gasteiger partial charge in [0.15, 0.2) is 0 Å². The van der Waals surface area contributed by atoms with E-state index in [9.17, 15) is 5.11 Å². The van der Waals surface area contributed by atoms with Crippen molar-refractivity contribution in [3.63, 3.8) is 0 Å². The second-order valence-electron chi connectivity index (χ2n) is 9.56. The fourth-order valence-electron chi connectivity index (χ4n) is 4.58. The summed E-state index contributed by atoms with van der Waals surface area (Å²) >= 11 is 7.52. The number of phenols is 1. The van der Waals surface area contributed by atoms with Crippen LogP contribution in [0.5, 0.6) is 5.75 Å². The van der Waals surface area contributed by atoms with Gasteiger partial charge in [-0.3, -0.25) is 0 Å². The number of aromatic hydroxyl groups is 1. The third kappa shape index (κ3) is 6.48. The minimum Gasteiger partial charge on any atom is -0.506 e. The molecule has 1 N–H and O–H groups in total. The van der Waals surface area contributed by atoms with Gasteiger partial charge in [0.1, 0.15) is 10.8 Å². The Bertz CT molecular complexity index is 1760. The highest BCUT2D eigenvalue weighted by molar-refractivity contribution is 7.19. The van der Waals surface area contributed by atoms with Crippen LogP contribution in [0.1, 0.15) is 19.3 Å². The van der Waals surface area contributed by atoms with Crippen LogP contribution < -0.4 is 4.90 Å². The Balaban J connectivity index is 1.17. The number of nitrogens with zero attached hydrogens (tertiary/aromatic N) is 7. The topological polar surface area (TPSA) is 97.6 Å².